The topological polar surface area (TPSA) is 49.4 Å². The van der Waals surface area contributed by atoms with Gasteiger partial charge < -0.3 is 10.2 Å². The van der Waals surface area contributed by atoms with E-state index in [2.05, 4.69) is 43.4 Å². The number of nitrogens with zero attached hydrogens (tertiary/aromatic N) is 1. The van der Waals surface area contributed by atoms with Crippen LogP contribution in [-0.4, -0.2) is 28.3 Å². The molecule has 3 aromatic rings. The van der Waals surface area contributed by atoms with Crippen molar-refractivity contribution in [1.82, 2.24) is 10.2 Å². The maximum absolute atomic E-state index is 13.8. The van der Waals surface area contributed by atoms with E-state index in [-0.39, 0.29) is 24.8 Å². The Morgan fingerprint density at radius 3 is 2.05 bits per heavy atom. The van der Waals surface area contributed by atoms with Crippen LogP contribution in [0.5, 0.6) is 0 Å². The van der Waals surface area contributed by atoms with Gasteiger partial charge in [0.15, 0.2) is 0 Å². The third-order valence-electron chi connectivity index (χ3n) is 6.38. The molecule has 1 atom stereocenters. The van der Waals surface area contributed by atoms with E-state index in [0.717, 1.165) is 16.7 Å². The number of carbonyl (C=O) groups excluding carboxylic acids is 2. The Kier molecular flexibility index (Phi) is 10.4. The number of hydrogen-bond acceptors (Lipinski definition) is 2. The van der Waals surface area contributed by atoms with Crippen molar-refractivity contribution in [3.05, 3.63) is 105 Å². The second-order valence-electron chi connectivity index (χ2n) is 11.1. The van der Waals surface area contributed by atoms with Crippen molar-refractivity contribution < 1.29 is 9.59 Å². The van der Waals surface area contributed by atoms with Gasteiger partial charge in [0.25, 0.3) is 0 Å². The average molecular weight is 554 g/mol. The van der Waals surface area contributed by atoms with Crippen LogP contribution < -0.4 is 5.32 Å². The van der Waals surface area contributed by atoms with Crippen LogP contribution in [-0.2, 0) is 29.0 Å². The molecule has 0 unspecified atom stereocenters. The quantitative estimate of drug-likeness (QED) is 0.281. The summed E-state index contributed by atoms with van der Waals surface area (Å²) in [5.74, 6) is 0.178. The first kappa shape index (κ1) is 29.7. The van der Waals surface area contributed by atoms with Crippen LogP contribution in [0, 0.1) is 0 Å². The molecule has 0 aliphatic carbocycles. The largest absolute Gasteiger partial charge is 0.350 e. The van der Waals surface area contributed by atoms with E-state index in [4.69, 9.17) is 23.2 Å². The minimum Gasteiger partial charge on any atom is -0.350 e. The zero-order chi connectivity index (χ0) is 27.9. The Hall–Kier alpha value is -2.82. The number of amides is 2. The molecule has 0 aliphatic heterocycles. The van der Waals surface area contributed by atoms with E-state index in [1.807, 2.05) is 57.2 Å². The Morgan fingerprint density at radius 1 is 0.842 bits per heavy atom. The van der Waals surface area contributed by atoms with Crippen LogP contribution in [0.4, 0.5) is 0 Å². The third kappa shape index (κ3) is 8.89. The van der Waals surface area contributed by atoms with E-state index in [1.54, 1.807) is 17.0 Å². The maximum Gasteiger partial charge on any atom is 0.243 e. The third-order valence-corrected chi connectivity index (χ3v) is 7.12. The molecule has 2 amide bonds. The van der Waals surface area contributed by atoms with Crippen molar-refractivity contribution in [2.24, 2.45) is 0 Å². The number of halogens is 2. The lowest BCUT2D eigenvalue weighted by atomic mass is 9.98. The Bertz CT molecular complexity index is 1220. The van der Waals surface area contributed by atoms with Gasteiger partial charge in [-0.3, -0.25) is 9.59 Å². The maximum atomic E-state index is 13.8. The van der Waals surface area contributed by atoms with E-state index < -0.39 is 11.6 Å². The highest BCUT2D eigenvalue weighted by Crippen LogP contribution is 2.25. The lowest BCUT2D eigenvalue weighted by molar-refractivity contribution is -0.141. The van der Waals surface area contributed by atoms with Crippen LogP contribution >= 0.6 is 23.2 Å². The normalized spacial score (nSPS) is 12.3. The van der Waals surface area contributed by atoms with Crippen molar-refractivity contribution in [3.8, 4) is 0 Å². The Balaban J connectivity index is 1.92. The molecule has 0 spiro atoms. The summed E-state index contributed by atoms with van der Waals surface area (Å²) in [6.07, 6.45) is 1.28. The molecule has 0 bridgehead atoms. The predicted molar refractivity (Wildman–Crippen MR) is 158 cm³/mol. The van der Waals surface area contributed by atoms with Crippen LogP contribution in [0.1, 0.15) is 69.2 Å². The SMILES string of the molecule is CC(C)c1ccc(CCC(=O)N(Cc2ccc(Cl)c(Cl)c2)[C@@H](Cc2ccccc2)C(=O)NC(C)(C)C)cc1. The molecule has 0 radical (unpaired) electrons. The molecule has 0 heterocycles. The molecule has 4 nitrogen and oxygen atoms in total. The zero-order valence-electron chi connectivity index (χ0n) is 22.9. The first-order valence-corrected chi connectivity index (χ1v) is 13.9. The van der Waals surface area contributed by atoms with Crippen molar-refractivity contribution in [1.29, 1.82) is 0 Å². The second-order valence-corrected chi connectivity index (χ2v) is 11.9. The predicted octanol–water partition coefficient (Wildman–Crippen LogP) is 7.60. The van der Waals surface area contributed by atoms with Gasteiger partial charge in [-0.1, -0.05) is 97.7 Å². The Labute approximate surface area is 237 Å². The van der Waals surface area contributed by atoms with Crippen LogP contribution in [0.15, 0.2) is 72.8 Å². The zero-order valence-corrected chi connectivity index (χ0v) is 24.4. The number of carbonyl (C=O) groups is 2. The second kappa shape index (κ2) is 13.3. The Morgan fingerprint density at radius 2 is 1.47 bits per heavy atom. The summed E-state index contributed by atoms with van der Waals surface area (Å²) in [5, 5.41) is 3.96. The molecule has 1 N–H and O–H groups in total. The molecule has 3 rings (SSSR count). The monoisotopic (exact) mass is 552 g/mol. The number of aryl methyl sites for hydroxylation is 1. The fourth-order valence-electron chi connectivity index (χ4n) is 4.31. The van der Waals surface area contributed by atoms with E-state index in [1.165, 1.54) is 5.56 Å². The van der Waals surface area contributed by atoms with Crippen molar-refractivity contribution in [2.45, 2.75) is 77.9 Å². The van der Waals surface area contributed by atoms with Gasteiger partial charge in [-0.05, 0) is 67.5 Å². The average Bonchev–Trinajstić information content (AvgIpc) is 2.86. The fraction of sp³-hybridized carbons (Fsp3) is 0.375. The van der Waals surface area contributed by atoms with Gasteiger partial charge >= 0.3 is 0 Å². The van der Waals surface area contributed by atoms with Crippen LogP contribution in [0.3, 0.4) is 0 Å². The van der Waals surface area contributed by atoms with Crippen molar-refractivity contribution >= 4 is 35.0 Å². The van der Waals surface area contributed by atoms with E-state index in [0.29, 0.717) is 28.8 Å². The van der Waals surface area contributed by atoms with Crippen molar-refractivity contribution in [3.63, 3.8) is 0 Å². The minimum atomic E-state index is -0.693. The summed E-state index contributed by atoms with van der Waals surface area (Å²) in [5.41, 5.74) is 3.72. The van der Waals surface area contributed by atoms with Gasteiger partial charge in [-0.15, -0.1) is 0 Å². The summed E-state index contributed by atoms with van der Waals surface area (Å²) in [6, 6.07) is 22.8. The van der Waals surface area contributed by atoms with Crippen LogP contribution in [0.25, 0.3) is 0 Å². The van der Waals surface area contributed by atoms with Crippen LogP contribution in [0.2, 0.25) is 10.0 Å². The number of rotatable bonds is 10. The molecule has 0 aromatic heterocycles. The molecule has 38 heavy (non-hydrogen) atoms. The summed E-state index contributed by atoms with van der Waals surface area (Å²) in [7, 11) is 0. The molecule has 0 saturated heterocycles. The van der Waals surface area contributed by atoms with E-state index >= 15 is 0 Å². The lowest BCUT2D eigenvalue weighted by Crippen LogP contribution is -2.54. The van der Waals surface area contributed by atoms with Gasteiger partial charge in [0.2, 0.25) is 11.8 Å². The molecule has 0 saturated carbocycles. The van der Waals surface area contributed by atoms with E-state index in [9.17, 15) is 9.59 Å². The summed E-state index contributed by atoms with van der Waals surface area (Å²) < 4.78 is 0. The summed E-state index contributed by atoms with van der Waals surface area (Å²) >= 11 is 12.4. The first-order valence-electron chi connectivity index (χ1n) is 13.1. The highest BCUT2D eigenvalue weighted by molar-refractivity contribution is 6.42. The molecule has 202 valence electrons. The van der Waals surface area contributed by atoms with Gasteiger partial charge in [-0.25, -0.2) is 0 Å². The molecule has 6 heteroatoms. The van der Waals surface area contributed by atoms with Gasteiger partial charge in [0, 0.05) is 24.9 Å². The molecular weight excluding hydrogens is 515 g/mol. The summed E-state index contributed by atoms with van der Waals surface area (Å²) in [6.45, 7) is 10.4. The molecule has 0 fully saturated rings. The van der Waals surface area contributed by atoms with Gasteiger partial charge in [0.05, 0.1) is 10.0 Å². The minimum absolute atomic E-state index is 0.0889. The van der Waals surface area contributed by atoms with Gasteiger partial charge in [-0.2, -0.15) is 0 Å². The smallest absolute Gasteiger partial charge is 0.243 e. The molecule has 0 aliphatic rings. The lowest BCUT2D eigenvalue weighted by Gasteiger charge is -2.34. The fourth-order valence-corrected chi connectivity index (χ4v) is 4.63. The molecule has 3 aromatic carbocycles. The summed E-state index contributed by atoms with van der Waals surface area (Å²) in [4.78, 5) is 29.2. The number of nitrogens with one attached hydrogen (secondary N) is 1. The van der Waals surface area contributed by atoms with Gasteiger partial charge in [0.1, 0.15) is 6.04 Å². The highest BCUT2D eigenvalue weighted by atomic mass is 35.5. The highest BCUT2D eigenvalue weighted by Gasteiger charge is 2.32. The molecular formula is C32H38Cl2N2O2. The first-order chi connectivity index (χ1) is 17.9. The standard InChI is InChI=1S/C32H38Cl2N2O2/c1-22(2)26-15-11-23(12-16-26)14-18-30(37)36(21-25-13-17-27(33)28(34)19-25)29(31(38)35-32(3,4)5)20-24-9-7-6-8-10-24/h6-13,15-17,19,22,29H,14,18,20-21H2,1-5H3,(H,35,38)/t29-/m0/s1. The number of hydrogen-bond donors (Lipinski definition) is 1. The number of benzene rings is 3. The van der Waals surface area contributed by atoms with Crippen molar-refractivity contribution in [2.75, 3.05) is 0 Å².